The zero-order valence-corrected chi connectivity index (χ0v) is 12.9. The zero-order chi connectivity index (χ0) is 14.9. The Morgan fingerprint density at radius 1 is 1.15 bits per heavy atom. The van der Waals surface area contributed by atoms with Gasteiger partial charge in [-0.05, 0) is 37.8 Å². The summed E-state index contributed by atoms with van der Waals surface area (Å²) in [6.45, 7) is 10.6. The summed E-state index contributed by atoms with van der Waals surface area (Å²) in [7, 11) is 0. The van der Waals surface area contributed by atoms with Crippen molar-refractivity contribution in [1.29, 1.82) is 0 Å². The third kappa shape index (κ3) is 2.82. The third-order valence-electron chi connectivity index (χ3n) is 3.94. The highest BCUT2D eigenvalue weighted by atomic mass is 16.1. The number of nitrogens with zero attached hydrogens (tertiary/aromatic N) is 2. The van der Waals surface area contributed by atoms with Gasteiger partial charge >= 0.3 is 0 Å². The largest absolute Gasteiger partial charge is 0.292 e. The predicted molar refractivity (Wildman–Crippen MR) is 81.3 cm³/mol. The quantitative estimate of drug-likeness (QED) is 0.792. The number of Topliss-reactive ketones (excluding diaryl/α,β-unsaturated/α-hetero) is 1. The van der Waals surface area contributed by atoms with Crippen molar-refractivity contribution in [1.82, 2.24) is 9.78 Å². The lowest BCUT2D eigenvalue weighted by Gasteiger charge is -2.07. The molecule has 0 aliphatic rings. The van der Waals surface area contributed by atoms with E-state index in [4.69, 9.17) is 0 Å². The summed E-state index contributed by atoms with van der Waals surface area (Å²) in [6, 6.07) is 7.89. The van der Waals surface area contributed by atoms with Gasteiger partial charge in [0.15, 0.2) is 5.78 Å². The summed E-state index contributed by atoms with van der Waals surface area (Å²) < 4.78 is 1.79. The van der Waals surface area contributed by atoms with Crippen LogP contribution in [0.25, 0.3) is 0 Å². The average Bonchev–Trinajstić information content (AvgIpc) is 2.66. The molecule has 20 heavy (non-hydrogen) atoms. The Hall–Kier alpha value is -1.90. The molecule has 1 heterocycles. The Balaban J connectivity index is 2.17. The molecule has 3 nitrogen and oxygen atoms in total. The lowest BCUT2D eigenvalue weighted by molar-refractivity contribution is 0.0966. The van der Waals surface area contributed by atoms with Gasteiger partial charge < -0.3 is 0 Å². The van der Waals surface area contributed by atoms with Gasteiger partial charge in [-0.15, -0.1) is 0 Å². The minimum absolute atomic E-state index is 0.103. The molecule has 0 amide bonds. The van der Waals surface area contributed by atoms with Crippen molar-refractivity contribution >= 4 is 5.78 Å². The molecule has 1 aromatic carbocycles. The molecule has 0 spiro atoms. The van der Waals surface area contributed by atoms with Crippen molar-refractivity contribution in [2.24, 2.45) is 0 Å². The van der Waals surface area contributed by atoms with E-state index in [1.807, 2.05) is 45.0 Å². The summed E-state index contributed by atoms with van der Waals surface area (Å²) in [5.41, 5.74) is 5.22. The third-order valence-corrected chi connectivity index (χ3v) is 3.94. The first-order chi connectivity index (χ1) is 9.40. The number of aromatic nitrogens is 2. The number of hydrogen-bond acceptors (Lipinski definition) is 2. The van der Waals surface area contributed by atoms with Crippen LogP contribution in [0, 0.1) is 20.8 Å². The van der Waals surface area contributed by atoms with Crippen molar-refractivity contribution in [3.8, 4) is 0 Å². The molecule has 0 unspecified atom stereocenters. The first-order valence-corrected chi connectivity index (χ1v) is 7.04. The predicted octanol–water partition coefficient (Wildman–Crippen LogP) is 3.81. The minimum Gasteiger partial charge on any atom is -0.292 e. The molecule has 0 atom stereocenters. The van der Waals surface area contributed by atoms with Gasteiger partial charge in [-0.1, -0.05) is 38.1 Å². The monoisotopic (exact) mass is 270 g/mol. The van der Waals surface area contributed by atoms with E-state index >= 15 is 0 Å². The van der Waals surface area contributed by atoms with Gasteiger partial charge in [-0.25, -0.2) is 0 Å². The van der Waals surface area contributed by atoms with Crippen molar-refractivity contribution in [2.75, 3.05) is 0 Å². The Morgan fingerprint density at radius 3 is 2.20 bits per heavy atom. The standard InChI is InChI=1S/C17H22N2O/c1-11(2)15-6-8-16(9-7-15)17(20)10-19-14(5)12(3)13(4)18-19/h6-9,11H,10H2,1-5H3. The van der Waals surface area contributed by atoms with Gasteiger partial charge in [0.25, 0.3) is 0 Å². The molecule has 1 aromatic heterocycles. The second-order valence-electron chi connectivity index (χ2n) is 5.65. The number of hydrogen-bond donors (Lipinski definition) is 0. The molecule has 0 aliphatic heterocycles. The van der Waals surface area contributed by atoms with Crippen LogP contribution in [0.1, 0.15) is 52.6 Å². The number of carbonyl (C=O) groups excluding carboxylic acids is 1. The molecule has 0 bridgehead atoms. The van der Waals surface area contributed by atoms with Crippen LogP contribution in [0.3, 0.4) is 0 Å². The van der Waals surface area contributed by atoms with Crippen LogP contribution in [0.4, 0.5) is 0 Å². The maximum Gasteiger partial charge on any atom is 0.184 e. The van der Waals surface area contributed by atoms with E-state index in [0.717, 1.165) is 22.5 Å². The van der Waals surface area contributed by atoms with Gasteiger partial charge in [0.2, 0.25) is 0 Å². The highest BCUT2D eigenvalue weighted by molar-refractivity contribution is 5.95. The van der Waals surface area contributed by atoms with E-state index in [9.17, 15) is 4.79 Å². The van der Waals surface area contributed by atoms with Crippen molar-refractivity contribution in [3.63, 3.8) is 0 Å². The van der Waals surface area contributed by atoms with Gasteiger partial charge in [0, 0.05) is 11.3 Å². The molecule has 2 aromatic rings. The molecular formula is C17H22N2O. The molecule has 0 saturated carbocycles. The van der Waals surface area contributed by atoms with Crippen LogP contribution in [0.2, 0.25) is 0 Å². The fourth-order valence-electron chi connectivity index (χ4n) is 2.22. The molecule has 0 aliphatic carbocycles. The van der Waals surface area contributed by atoms with Crippen LogP contribution in [0.5, 0.6) is 0 Å². The summed E-state index contributed by atoms with van der Waals surface area (Å²) in [4.78, 5) is 12.3. The summed E-state index contributed by atoms with van der Waals surface area (Å²) in [6.07, 6.45) is 0. The van der Waals surface area contributed by atoms with Crippen molar-refractivity contribution in [3.05, 3.63) is 52.3 Å². The molecule has 3 heteroatoms. The highest BCUT2D eigenvalue weighted by Crippen LogP contribution is 2.16. The number of benzene rings is 1. The van der Waals surface area contributed by atoms with Gasteiger partial charge in [0.05, 0.1) is 5.69 Å². The van der Waals surface area contributed by atoms with Crippen LogP contribution in [-0.4, -0.2) is 15.6 Å². The molecule has 0 N–H and O–H groups in total. The molecule has 0 saturated heterocycles. The molecule has 2 rings (SSSR count). The molecular weight excluding hydrogens is 248 g/mol. The zero-order valence-electron chi connectivity index (χ0n) is 12.9. The summed E-state index contributed by atoms with van der Waals surface area (Å²) >= 11 is 0. The number of carbonyl (C=O) groups is 1. The van der Waals surface area contributed by atoms with Gasteiger partial charge in [0.1, 0.15) is 6.54 Å². The normalized spacial score (nSPS) is 11.1. The maximum atomic E-state index is 12.3. The van der Waals surface area contributed by atoms with E-state index in [1.54, 1.807) is 4.68 Å². The van der Waals surface area contributed by atoms with Crippen molar-refractivity contribution in [2.45, 2.75) is 47.1 Å². The Labute approximate surface area is 120 Å². The topological polar surface area (TPSA) is 34.9 Å². The van der Waals surface area contributed by atoms with Crippen LogP contribution < -0.4 is 0 Å². The molecule has 0 fully saturated rings. The molecule has 0 radical (unpaired) electrons. The summed E-state index contributed by atoms with van der Waals surface area (Å²) in [5.74, 6) is 0.587. The average molecular weight is 270 g/mol. The number of aryl methyl sites for hydroxylation is 1. The van der Waals surface area contributed by atoms with Crippen LogP contribution in [0.15, 0.2) is 24.3 Å². The Kier molecular flexibility index (Phi) is 4.07. The summed E-state index contributed by atoms with van der Waals surface area (Å²) in [5, 5.41) is 4.42. The lowest BCUT2D eigenvalue weighted by Crippen LogP contribution is -2.13. The van der Waals surface area contributed by atoms with Gasteiger partial charge in [-0.2, -0.15) is 5.10 Å². The fraction of sp³-hybridized carbons (Fsp3) is 0.412. The van der Waals surface area contributed by atoms with Crippen LogP contribution in [-0.2, 0) is 6.54 Å². The maximum absolute atomic E-state index is 12.3. The van der Waals surface area contributed by atoms with Crippen LogP contribution >= 0.6 is 0 Å². The highest BCUT2D eigenvalue weighted by Gasteiger charge is 2.12. The Bertz CT molecular complexity index is 621. The first kappa shape index (κ1) is 14.5. The second-order valence-corrected chi connectivity index (χ2v) is 5.65. The van der Waals surface area contributed by atoms with E-state index in [0.29, 0.717) is 12.5 Å². The van der Waals surface area contributed by atoms with E-state index in [1.165, 1.54) is 5.56 Å². The number of rotatable bonds is 4. The fourth-order valence-corrected chi connectivity index (χ4v) is 2.22. The van der Waals surface area contributed by atoms with Gasteiger partial charge in [-0.3, -0.25) is 9.48 Å². The SMILES string of the molecule is Cc1nn(CC(=O)c2ccc(C(C)C)cc2)c(C)c1C. The minimum atomic E-state index is 0.103. The smallest absolute Gasteiger partial charge is 0.184 e. The second kappa shape index (κ2) is 5.61. The van der Waals surface area contributed by atoms with E-state index in [2.05, 4.69) is 18.9 Å². The lowest BCUT2D eigenvalue weighted by atomic mass is 10.0. The Morgan fingerprint density at radius 2 is 1.75 bits per heavy atom. The first-order valence-electron chi connectivity index (χ1n) is 7.04. The number of ketones is 1. The van der Waals surface area contributed by atoms with E-state index < -0.39 is 0 Å². The van der Waals surface area contributed by atoms with E-state index in [-0.39, 0.29) is 5.78 Å². The van der Waals surface area contributed by atoms with Crippen molar-refractivity contribution < 1.29 is 4.79 Å². The molecule has 106 valence electrons.